The molecule has 0 spiro atoms. The maximum absolute atomic E-state index is 13.3. The van der Waals surface area contributed by atoms with Gasteiger partial charge in [0.1, 0.15) is 5.75 Å². The Hall–Kier alpha value is -2.03. The maximum atomic E-state index is 13.3. The van der Waals surface area contributed by atoms with Crippen molar-refractivity contribution in [3.05, 3.63) is 53.6 Å². The topological polar surface area (TPSA) is 83.9 Å². The van der Waals surface area contributed by atoms with Gasteiger partial charge in [-0.3, -0.25) is 0 Å². The minimum absolute atomic E-state index is 0.00832. The number of ether oxygens (including phenoxy) is 1. The number of carboxylic acid groups (broad SMARTS) is 1. The monoisotopic (exact) mass is 493 g/mol. The Morgan fingerprint density at radius 1 is 1.09 bits per heavy atom. The van der Waals surface area contributed by atoms with E-state index in [9.17, 15) is 13.2 Å². The van der Waals surface area contributed by atoms with Crippen LogP contribution in [0.3, 0.4) is 0 Å². The van der Waals surface area contributed by atoms with E-state index in [0.717, 1.165) is 28.9 Å². The Bertz CT molecular complexity index is 1030. The highest BCUT2D eigenvalue weighted by Crippen LogP contribution is 2.29. The lowest BCUT2D eigenvalue weighted by molar-refractivity contribution is -0.139. The zero-order valence-corrected chi connectivity index (χ0v) is 21.8. The lowest BCUT2D eigenvalue weighted by Gasteiger charge is -2.25. The summed E-state index contributed by atoms with van der Waals surface area (Å²) in [4.78, 5) is 12.0. The van der Waals surface area contributed by atoms with Gasteiger partial charge in [0.2, 0.25) is 10.0 Å². The van der Waals surface area contributed by atoms with E-state index in [4.69, 9.17) is 9.84 Å². The average Bonchev–Trinajstić information content (AvgIpc) is 2.77. The summed E-state index contributed by atoms with van der Waals surface area (Å²) in [7, 11) is -3.57. The summed E-state index contributed by atoms with van der Waals surface area (Å²) in [6.45, 7) is 10.8. The number of thioether (sulfide) groups is 1. The summed E-state index contributed by atoms with van der Waals surface area (Å²) in [5.74, 6) is 0.120. The van der Waals surface area contributed by atoms with Crippen LogP contribution in [0.5, 0.6) is 5.75 Å². The number of benzene rings is 2. The number of aryl methyl sites for hydroxylation is 1. The molecular formula is C25H35NO5S2. The summed E-state index contributed by atoms with van der Waals surface area (Å²) < 4.78 is 33.4. The number of carbonyl (C=O) groups is 1. The smallest absolute Gasteiger partial charge is 0.341 e. The van der Waals surface area contributed by atoms with Crippen LogP contribution in [0.2, 0.25) is 0 Å². The molecule has 0 atom stereocenters. The molecule has 33 heavy (non-hydrogen) atoms. The molecule has 0 amide bonds. The summed E-state index contributed by atoms with van der Waals surface area (Å²) in [6, 6.07) is 12.8. The molecule has 0 unspecified atom stereocenters. The molecule has 0 aliphatic rings. The molecule has 0 aliphatic carbocycles. The molecular weight excluding hydrogens is 458 g/mol. The third kappa shape index (κ3) is 7.48. The van der Waals surface area contributed by atoms with Crippen LogP contribution in [-0.4, -0.2) is 49.2 Å². The Balaban J connectivity index is 2.06. The molecule has 0 saturated carbocycles. The minimum Gasteiger partial charge on any atom is -0.482 e. The second-order valence-corrected chi connectivity index (χ2v) is 11.7. The minimum atomic E-state index is -3.57. The number of nitrogens with zero attached hydrogens (tertiary/aromatic N) is 1. The Morgan fingerprint density at radius 3 is 2.30 bits per heavy atom. The van der Waals surface area contributed by atoms with Gasteiger partial charge < -0.3 is 9.84 Å². The largest absolute Gasteiger partial charge is 0.482 e. The van der Waals surface area contributed by atoms with Crippen LogP contribution in [0.25, 0.3) is 0 Å². The fraction of sp³-hybridized carbons (Fsp3) is 0.480. The van der Waals surface area contributed by atoms with Crippen molar-refractivity contribution in [2.45, 2.75) is 62.7 Å². The normalized spacial score (nSPS) is 12.2. The van der Waals surface area contributed by atoms with E-state index in [2.05, 4.69) is 20.8 Å². The maximum Gasteiger partial charge on any atom is 0.341 e. The average molecular weight is 494 g/mol. The van der Waals surface area contributed by atoms with Crippen molar-refractivity contribution >= 4 is 27.8 Å². The first-order chi connectivity index (χ1) is 15.5. The van der Waals surface area contributed by atoms with E-state index in [1.54, 1.807) is 34.3 Å². The lowest BCUT2D eigenvalue weighted by Crippen LogP contribution is -2.33. The molecule has 0 aromatic heterocycles. The molecule has 0 saturated heterocycles. The second-order valence-electron chi connectivity index (χ2n) is 8.62. The third-order valence-corrected chi connectivity index (χ3v) is 8.62. The van der Waals surface area contributed by atoms with Crippen LogP contribution in [-0.2, 0) is 20.2 Å². The zero-order chi connectivity index (χ0) is 24.6. The molecule has 2 aromatic rings. The van der Waals surface area contributed by atoms with Crippen molar-refractivity contribution in [2.24, 2.45) is 0 Å². The first-order valence-electron chi connectivity index (χ1n) is 11.2. The number of aliphatic carboxylic acids is 1. The Morgan fingerprint density at radius 2 is 1.76 bits per heavy atom. The quantitative estimate of drug-likeness (QED) is 0.379. The Labute approximate surface area is 202 Å². The van der Waals surface area contributed by atoms with Gasteiger partial charge in [-0.25, -0.2) is 13.2 Å². The third-order valence-electron chi connectivity index (χ3n) is 5.74. The van der Waals surface area contributed by atoms with Gasteiger partial charge in [0, 0.05) is 23.7 Å². The van der Waals surface area contributed by atoms with Gasteiger partial charge in [-0.05, 0) is 66.6 Å². The Kier molecular flexibility index (Phi) is 9.82. The van der Waals surface area contributed by atoms with E-state index >= 15 is 0 Å². The second kappa shape index (κ2) is 11.9. The van der Waals surface area contributed by atoms with Gasteiger partial charge in [-0.2, -0.15) is 4.31 Å². The molecule has 6 nitrogen and oxygen atoms in total. The SMILES string of the molecule is CCCN(CCSc1ccc(OCC(=O)O)c(C)c1)S(=O)(=O)c1ccc(C(C)(C)CC)cc1. The van der Waals surface area contributed by atoms with Crippen LogP contribution >= 0.6 is 11.8 Å². The van der Waals surface area contributed by atoms with Crippen molar-refractivity contribution in [1.82, 2.24) is 4.31 Å². The number of hydrogen-bond donors (Lipinski definition) is 1. The van der Waals surface area contributed by atoms with Gasteiger partial charge in [-0.1, -0.05) is 39.8 Å². The van der Waals surface area contributed by atoms with E-state index in [0.29, 0.717) is 29.5 Å². The van der Waals surface area contributed by atoms with Gasteiger partial charge in [0.05, 0.1) is 4.90 Å². The van der Waals surface area contributed by atoms with Crippen LogP contribution in [0.15, 0.2) is 52.3 Å². The van der Waals surface area contributed by atoms with E-state index < -0.39 is 16.0 Å². The van der Waals surface area contributed by atoms with Crippen LogP contribution in [0.4, 0.5) is 0 Å². The lowest BCUT2D eigenvalue weighted by atomic mass is 9.82. The standard InChI is InChI=1S/C25H35NO5S2/c1-6-14-26(33(29,30)22-11-8-20(9-12-22)25(4,5)7-2)15-16-32-21-10-13-23(19(3)17-21)31-18-24(27)28/h8-13,17H,6-7,14-16,18H2,1-5H3,(H,27,28). The molecule has 8 heteroatoms. The molecule has 0 bridgehead atoms. The van der Waals surface area contributed by atoms with Gasteiger partial charge >= 0.3 is 5.97 Å². The summed E-state index contributed by atoms with van der Waals surface area (Å²) in [5, 5.41) is 8.76. The molecule has 1 N–H and O–H groups in total. The number of hydrogen-bond acceptors (Lipinski definition) is 5. The fourth-order valence-corrected chi connectivity index (χ4v) is 5.93. The van der Waals surface area contributed by atoms with Gasteiger partial charge in [-0.15, -0.1) is 11.8 Å². The highest BCUT2D eigenvalue weighted by atomic mass is 32.2. The molecule has 182 valence electrons. The van der Waals surface area contributed by atoms with Crippen LogP contribution < -0.4 is 4.74 Å². The highest BCUT2D eigenvalue weighted by Gasteiger charge is 2.25. The fourth-order valence-electron chi connectivity index (χ4n) is 3.31. The van der Waals surface area contributed by atoms with Crippen molar-refractivity contribution in [2.75, 3.05) is 25.4 Å². The summed E-state index contributed by atoms with van der Waals surface area (Å²) in [6.07, 6.45) is 1.71. The first-order valence-corrected chi connectivity index (χ1v) is 13.6. The molecule has 0 fully saturated rings. The molecule has 0 radical (unpaired) electrons. The molecule has 0 aliphatic heterocycles. The van der Waals surface area contributed by atoms with Crippen molar-refractivity contribution in [3.8, 4) is 5.75 Å². The number of sulfonamides is 1. The zero-order valence-electron chi connectivity index (χ0n) is 20.1. The van der Waals surface area contributed by atoms with Crippen LogP contribution in [0, 0.1) is 6.92 Å². The highest BCUT2D eigenvalue weighted by molar-refractivity contribution is 7.99. The van der Waals surface area contributed by atoms with E-state index in [1.165, 1.54) is 0 Å². The number of carboxylic acids is 1. The molecule has 2 rings (SSSR count). The first kappa shape index (κ1) is 27.2. The van der Waals surface area contributed by atoms with Gasteiger partial charge in [0.15, 0.2) is 6.61 Å². The van der Waals surface area contributed by atoms with Crippen LogP contribution in [0.1, 0.15) is 51.7 Å². The van der Waals surface area contributed by atoms with E-state index in [-0.39, 0.29) is 12.0 Å². The number of rotatable bonds is 13. The van der Waals surface area contributed by atoms with Crippen molar-refractivity contribution in [3.63, 3.8) is 0 Å². The summed E-state index contributed by atoms with van der Waals surface area (Å²) in [5.41, 5.74) is 1.98. The van der Waals surface area contributed by atoms with Gasteiger partial charge in [0.25, 0.3) is 0 Å². The molecule has 2 aromatic carbocycles. The van der Waals surface area contributed by atoms with E-state index in [1.807, 2.05) is 38.1 Å². The predicted octanol–water partition coefficient (Wildman–Crippen LogP) is 5.34. The van der Waals surface area contributed by atoms with Crippen molar-refractivity contribution in [1.29, 1.82) is 0 Å². The molecule has 0 heterocycles. The van der Waals surface area contributed by atoms with Crippen molar-refractivity contribution < 1.29 is 23.1 Å². The predicted molar refractivity (Wildman–Crippen MR) is 134 cm³/mol. The summed E-state index contributed by atoms with van der Waals surface area (Å²) >= 11 is 1.56.